The van der Waals surface area contributed by atoms with Crippen molar-refractivity contribution in [1.29, 1.82) is 0 Å². The van der Waals surface area contributed by atoms with Gasteiger partial charge in [0, 0.05) is 24.5 Å². The lowest BCUT2D eigenvalue weighted by Gasteiger charge is -2.30. The summed E-state index contributed by atoms with van der Waals surface area (Å²) in [5.41, 5.74) is 6.84. The fourth-order valence-electron chi connectivity index (χ4n) is 2.92. The molecule has 0 spiro atoms. The second kappa shape index (κ2) is 6.59. The summed E-state index contributed by atoms with van der Waals surface area (Å²) in [6.07, 6.45) is 7.59. The van der Waals surface area contributed by atoms with Gasteiger partial charge in [0.15, 0.2) is 9.84 Å². The van der Waals surface area contributed by atoms with Crippen LogP contribution in [0.4, 0.5) is 5.69 Å². The van der Waals surface area contributed by atoms with E-state index in [0.29, 0.717) is 17.4 Å². The Morgan fingerprint density at radius 3 is 2.30 bits per heavy atom. The van der Waals surface area contributed by atoms with Crippen LogP contribution in [0.15, 0.2) is 29.2 Å². The number of nitrogens with one attached hydrogen (secondary N) is 1. The van der Waals surface area contributed by atoms with Crippen molar-refractivity contribution in [2.45, 2.75) is 43.0 Å². The highest BCUT2D eigenvalue weighted by Crippen LogP contribution is 2.28. The van der Waals surface area contributed by atoms with Gasteiger partial charge in [-0.2, -0.15) is 0 Å². The summed E-state index contributed by atoms with van der Waals surface area (Å²) in [7, 11) is -3.13. The van der Waals surface area contributed by atoms with Crippen LogP contribution in [0.25, 0.3) is 0 Å². The van der Waals surface area contributed by atoms with Gasteiger partial charge >= 0.3 is 0 Å². The van der Waals surface area contributed by atoms with E-state index in [2.05, 4.69) is 5.32 Å². The molecule has 20 heavy (non-hydrogen) atoms. The zero-order valence-electron chi connectivity index (χ0n) is 12.0. The van der Waals surface area contributed by atoms with Crippen molar-refractivity contribution in [2.24, 2.45) is 11.7 Å². The molecule has 1 aliphatic rings. The van der Waals surface area contributed by atoms with Gasteiger partial charge in [0.2, 0.25) is 0 Å². The number of hydrogen-bond donors (Lipinski definition) is 2. The Bertz CT molecular complexity index is 519. The molecule has 1 saturated carbocycles. The Kier molecular flexibility index (Phi) is 5.05. The lowest BCUT2D eigenvalue weighted by Crippen LogP contribution is -2.37. The van der Waals surface area contributed by atoms with Crippen LogP contribution in [0.5, 0.6) is 0 Å². The van der Waals surface area contributed by atoms with Crippen LogP contribution in [0.2, 0.25) is 0 Å². The van der Waals surface area contributed by atoms with Crippen LogP contribution in [0.1, 0.15) is 32.1 Å². The summed E-state index contributed by atoms with van der Waals surface area (Å²) in [4.78, 5) is 0.352. The molecule has 5 heteroatoms. The first-order valence-corrected chi connectivity index (χ1v) is 9.16. The highest BCUT2D eigenvalue weighted by molar-refractivity contribution is 7.90. The first-order valence-electron chi connectivity index (χ1n) is 7.27. The number of hydrogen-bond acceptors (Lipinski definition) is 4. The van der Waals surface area contributed by atoms with Gasteiger partial charge in [0.1, 0.15) is 0 Å². The molecule has 1 unspecified atom stereocenters. The first kappa shape index (κ1) is 15.3. The fourth-order valence-corrected chi connectivity index (χ4v) is 3.55. The molecule has 0 radical (unpaired) electrons. The zero-order chi connectivity index (χ0) is 14.6. The summed E-state index contributed by atoms with van der Waals surface area (Å²) in [5.74, 6) is 0.628. The van der Waals surface area contributed by atoms with Crippen LogP contribution in [-0.2, 0) is 9.84 Å². The summed E-state index contributed by atoms with van der Waals surface area (Å²) in [6.45, 7) is 0.610. The number of benzene rings is 1. The molecule has 4 nitrogen and oxygen atoms in total. The molecule has 0 amide bonds. The highest BCUT2D eigenvalue weighted by atomic mass is 32.2. The van der Waals surface area contributed by atoms with Gasteiger partial charge in [-0.25, -0.2) is 8.42 Å². The number of rotatable bonds is 5. The quantitative estimate of drug-likeness (QED) is 0.875. The van der Waals surface area contributed by atoms with Gasteiger partial charge in [-0.05, 0) is 43.0 Å². The van der Waals surface area contributed by atoms with E-state index < -0.39 is 9.84 Å². The molecular weight excluding hydrogens is 272 g/mol. The van der Waals surface area contributed by atoms with Crippen LogP contribution in [0.3, 0.4) is 0 Å². The van der Waals surface area contributed by atoms with Crippen LogP contribution >= 0.6 is 0 Å². The molecule has 0 aliphatic heterocycles. The van der Waals surface area contributed by atoms with E-state index in [1.165, 1.54) is 38.4 Å². The minimum atomic E-state index is -3.13. The highest BCUT2D eigenvalue weighted by Gasteiger charge is 2.22. The Balaban J connectivity index is 2.04. The lowest BCUT2D eigenvalue weighted by atomic mass is 9.84. The van der Waals surface area contributed by atoms with Crippen molar-refractivity contribution >= 4 is 15.5 Å². The Morgan fingerprint density at radius 1 is 1.20 bits per heavy atom. The van der Waals surface area contributed by atoms with Gasteiger partial charge < -0.3 is 11.1 Å². The van der Waals surface area contributed by atoms with Crippen molar-refractivity contribution in [3.05, 3.63) is 24.3 Å². The van der Waals surface area contributed by atoms with Gasteiger partial charge in [-0.1, -0.05) is 19.3 Å². The minimum Gasteiger partial charge on any atom is -0.381 e. The number of nitrogens with two attached hydrogens (primary N) is 1. The predicted molar refractivity (Wildman–Crippen MR) is 82.6 cm³/mol. The van der Waals surface area contributed by atoms with Crippen LogP contribution in [-0.4, -0.2) is 27.3 Å². The van der Waals surface area contributed by atoms with Crippen LogP contribution < -0.4 is 11.1 Å². The molecule has 3 N–H and O–H groups in total. The standard InChI is InChI=1S/C15H24N2O2S/c1-20(18,19)14-9-7-13(8-10-14)17-15(11-16)12-5-3-2-4-6-12/h7-10,12,15,17H,2-6,11,16H2,1H3. The van der Waals surface area contributed by atoms with E-state index in [-0.39, 0.29) is 6.04 Å². The Labute approximate surface area is 121 Å². The van der Waals surface area contributed by atoms with Crippen molar-refractivity contribution in [2.75, 3.05) is 18.1 Å². The van der Waals surface area contributed by atoms with E-state index in [0.717, 1.165) is 5.69 Å². The van der Waals surface area contributed by atoms with E-state index in [1.807, 2.05) is 12.1 Å². The van der Waals surface area contributed by atoms with Crippen molar-refractivity contribution in [3.63, 3.8) is 0 Å². The normalized spacial score (nSPS) is 18.7. The summed E-state index contributed by atoms with van der Waals surface area (Å²) < 4.78 is 22.9. The SMILES string of the molecule is CS(=O)(=O)c1ccc(NC(CN)C2CCCCC2)cc1. The zero-order valence-corrected chi connectivity index (χ0v) is 12.8. The van der Waals surface area contributed by atoms with E-state index in [9.17, 15) is 8.42 Å². The monoisotopic (exact) mass is 296 g/mol. The predicted octanol–water partition coefficient (Wildman–Crippen LogP) is 2.41. The van der Waals surface area contributed by atoms with Crippen molar-refractivity contribution in [3.8, 4) is 0 Å². The van der Waals surface area contributed by atoms with Gasteiger partial charge in [-0.3, -0.25) is 0 Å². The molecule has 112 valence electrons. The first-order chi connectivity index (χ1) is 9.50. The van der Waals surface area contributed by atoms with E-state index in [1.54, 1.807) is 12.1 Å². The Hall–Kier alpha value is -1.07. The van der Waals surface area contributed by atoms with Gasteiger partial charge in [-0.15, -0.1) is 0 Å². The molecule has 1 atom stereocenters. The molecule has 0 saturated heterocycles. The third-order valence-corrected chi connectivity index (χ3v) is 5.24. The molecule has 1 aromatic carbocycles. The molecule has 1 fully saturated rings. The van der Waals surface area contributed by atoms with Gasteiger partial charge in [0.05, 0.1) is 4.90 Å². The largest absolute Gasteiger partial charge is 0.381 e. The third kappa shape index (κ3) is 3.96. The number of sulfone groups is 1. The Morgan fingerprint density at radius 2 is 1.80 bits per heavy atom. The minimum absolute atomic E-state index is 0.277. The summed E-state index contributed by atoms with van der Waals surface area (Å²) in [6, 6.07) is 7.21. The maximum Gasteiger partial charge on any atom is 0.175 e. The van der Waals surface area contributed by atoms with E-state index in [4.69, 9.17) is 5.73 Å². The molecule has 0 heterocycles. The average Bonchev–Trinajstić information content (AvgIpc) is 2.45. The van der Waals surface area contributed by atoms with Crippen LogP contribution in [0, 0.1) is 5.92 Å². The summed E-state index contributed by atoms with van der Waals surface area (Å²) in [5, 5.41) is 3.46. The second-order valence-corrected chi connectivity index (χ2v) is 7.70. The third-order valence-electron chi connectivity index (χ3n) is 4.11. The maximum atomic E-state index is 11.4. The molecule has 1 aliphatic carbocycles. The lowest BCUT2D eigenvalue weighted by molar-refractivity contribution is 0.320. The second-order valence-electron chi connectivity index (χ2n) is 5.68. The maximum absolute atomic E-state index is 11.4. The molecule has 2 rings (SSSR count). The van der Waals surface area contributed by atoms with Crippen molar-refractivity contribution in [1.82, 2.24) is 0 Å². The topological polar surface area (TPSA) is 72.2 Å². The van der Waals surface area contributed by atoms with Gasteiger partial charge in [0.25, 0.3) is 0 Å². The molecule has 0 aromatic heterocycles. The van der Waals surface area contributed by atoms with E-state index >= 15 is 0 Å². The van der Waals surface area contributed by atoms with Crippen molar-refractivity contribution < 1.29 is 8.42 Å². The molecule has 0 bridgehead atoms. The summed E-state index contributed by atoms with van der Waals surface area (Å²) >= 11 is 0. The average molecular weight is 296 g/mol. The smallest absolute Gasteiger partial charge is 0.175 e. The molecule has 1 aromatic rings. The molecular formula is C15H24N2O2S. The number of anilines is 1. The fraction of sp³-hybridized carbons (Fsp3) is 0.600.